The Morgan fingerprint density at radius 1 is 1.06 bits per heavy atom. The van der Waals surface area contributed by atoms with E-state index < -0.39 is 15.8 Å². The Labute approximate surface area is 208 Å². The van der Waals surface area contributed by atoms with E-state index in [0.717, 1.165) is 22.3 Å². The van der Waals surface area contributed by atoms with E-state index in [9.17, 15) is 18.0 Å². The molecule has 0 fully saturated rings. The van der Waals surface area contributed by atoms with Gasteiger partial charge in [0.15, 0.2) is 9.84 Å². The second-order valence-electron chi connectivity index (χ2n) is 8.22. The van der Waals surface area contributed by atoms with Gasteiger partial charge in [-0.2, -0.15) is 0 Å². The summed E-state index contributed by atoms with van der Waals surface area (Å²) in [7, 11) is -3.59. The molecule has 35 heavy (non-hydrogen) atoms. The maximum Gasteiger partial charge on any atom is 0.322 e. The van der Waals surface area contributed by atoms with Gasteiger partial charge < -0.3 is 15.7 Å². The number of carbonyl (C=O) groups is 2. The number of carboxylic acids is 1. The van der Waals surface area contributed by atoms with Crippen molar-refractivity contribution in [2.75, 3.05) is 17.2 Å². The lowest BCUT2D eigenvalue weighted by Crippen LogP contribution is -2.18. The zero-order chi connectivity index (χ0) is 25.2. The summed E-state index contributed by atoms with van der Waals surface area (Å²) in [5, 5.41) is 14.4. The maximum atomic E-state index is 13.2. The highest BCUT2D eigenvalue weighted by Crippen LogP contribution is 2.40. The Morgan fingerprint density at radius 2 is 1.74 bits per heavy atom. The van der Waals surface area contributed by atoms with E-state index in [1.807, 2.05) is 32.0 Å². The molecule has 0 bridgehead atoms. The van der Waals surface area contributed by atoms with Crippen molar-refractivity contribution in [1.82, 2.24) is 0 Å². The Balaban J connectivity index is 1.57. The lowest BCUT2D eigenvalue weighted by Gasteiger charge is -2.20. The van der Waals surface area contributed by atoms with Crippen LogP contribution in [0.15, 0.2) is 75.4 Å². The molecule has 3 aromatic rings. The Hall–Kier alpha value is -3.56. The van der Waals surface area contributed by atoms with Gasteiger partial charge in [0, 0.05) is 10.6 Å². The summed E-state index contributed by atoms with van der Waals surface area (Å²) in [4.78, 5) is 24.6. The molecule has 0 radical (unpaired) electrons. The normalized spacial score (nSPS) is 14.3. The predicted molar refractivity (Wildman–Crippen MR) is 138 cm³/mol. The van der Waals surface area contributed by atoms with Crippen LogP contribution in [0.25, 0.3) is 6.08 Å². The number of rotatable bonds is 7. The molecule has 3 aromatic carbocycles. The second kappa shape index (κ2) is 9.97. The lowest BCUT2D eigenvalue weighted by atomic mass is 10.1. The minimum Gasteiger partial charge on any atom is -0.480 e. The molecule has 1 heterocycles. The minimum absolute atomic E-state index is 0.0910. The molecule has 180 valence electrons. The maximum absolute atomic E-state index is 13.2. The number of carboxylic acid groups (broad SMARTS) is 1. The number of carbonyl (C=O) groups excluding carboxylic acids is 1. The van der Waals surface area contributed by atoms with E-state index in [2.05, 4.69) is 10.6 Å². The van der Waals surface area contributed by atoms with E-state index in [4.69, 9.17) is 5.11 Å². The SMILES string of the molecule is Cc1cccc(C)c1CS(=O)(=O)c1ccc2c(c1)SC(=Cc1ccc(NCC(=O)O)cc1)C(=O)N2. The van der Waals surface area contributed by atoms with E-state index in [-0.39, 0.29) is 23.1 Å². The number of aliphatic carboxylic acids is 1. The highest BCUT2D eigenvalue weighted by atomic mass is 32.2. The second-order valence-corrected chi connectivity index (χ2v) is 11.3. The van der Waals surface area contributed by atoms with Crippen LogP contribution in [0.3, 0.4) is 0 Å². The summed E-state index contributed by atoms with van der Waals surface area (Å²) in [6.45, 7) is 3.62. The topological polar surface area (TPSA) is 113 Å². The van der Waals surface area contributed by atoms with Gasteiger partial charge in [0.2, 0.25) is 0 Å². The molecule has 0 spiro atoms. The summed E-state index contributed by atoms with van der Waals surface area (Å²) in [6, 6.07) is 17.5. The van der Waals surface area contributed by atoms with Gasteiger partial charge in [0.05, 0.1) is 21.2 Å². The molecule has 1 aliphatic heterocycles. The fourth-order valence-corrected chi connectivity index (χ4v) is 6.34. The molecular formula is C26H24N2O5S2. The first-order chi connectivity index (χ1) is 16.6. The van der Waals surface area contributed by atoms with Gasteiger partial charge >= 0.3 is 5.97 Å². The third-order valence-electron chi connectivity index (χ3n) is 5.64. The number of thioether (sulfide) groups is 1. The molecular weight excluding hydrogens is 484 g/mol. The zero-order valence-electron chi connectivity index (χ0n) is 19.2. The van der Waals surface area contributed by atoms with Gasteiger partial charge in [-0.1, -0.05) is 42.1 Å². The molecule has 0 unspecified atom stereocenters. The number of hydrogen-bond donors (Lipinski definition) is 3. The van der Waals surface area contributed by atoms with Crippen molar-refractivity contribution in [1.29, 1.82) is 0 Å². The van der Waals surface area contributed by atoms with Gasteiger partial charge in [-0.3, -0.25) is 9.59 Å². The van der Waals surface area contributed by atoms with Gasteiger partial charge in [-0.05, 0) is 72.5 Å². The van der Waals surface area contributed by atoms with Crippen LogP contribution in [0.2, 0.25) is 0 Å². The third kappa shape index (κ3) is 5.75. The van der Waals surface area contributed by atoms with Gasteiger partial charge in [-0.15, -0.1) is 0 Å². The van der Waals surface area contributed by atoms with Crippen LogP contribution in [-0.2, 0) is 25.2 Å². The molecule has 0 aromatic heterocycles. The highest BCUT2D eigenvalue weighted by molar-refractivity contribution is 8.04. The van der Waals surface area contributed by atoms with Crippen molar-refractivity contribution in [3.05, 3.63) is 87.8 Å². The first-order valence-corrected chi connectivity index (χ1v) is 13.3. The zero-order valence-corrected chi connectivity index (χ0v) is 20.8. The highest BCUT2D eigenvalue weighted by Gasteiger charge is 2.25. The van der Waals surface area contributed by atoms with Crippen LogP contribution < -0.4 is 10.6 Å². The van der Waals surface area contributed by atoms with E-state index in [0.29, 0.717) is 21.2 Å². The average molecular weight is 509 g/mol. The van der Waals surface area contributed by atoms with Crippen molar-refractivity contribution in [2.45, 2.75) is 29.4 Å². The molecule has 7 nitrogen and oxygen atoms in total. The van der Waals surface area contributed by atoms with Crippen molar-refractivity contribution in [3.63, 3.8) is 0 Å². The largest absolute Gasteiger partial charge is 0.480 e. The van der Waals surface area contributed by atoms with Crippen LogP contribution in [0.5, 0.6) is 0 Å². The van der Waals surface area contributed by atoms with Crippen molar-refractivity contribution in [2.24, 2.45) is 0 Å². The molecule has 0 saturated carbocycles. The molecule has 0 saturated heterocycles. The van der Waals surface area contributed by atoms with E-state index >= 15 is 0 Å². The van der Waals surface area contributed by atoms with Gasteiger partial charge in [0.1, 0.15) is 6.54 Å². The van der Waals surface area contributed by atoms with Gasteiger partial charge in [-0.25, -0.2) is 8.42 Å². The van der Waals surface area contributed by atoms with E-state index in [1.54, 1.807) is 42.5 Å². The summed E-state index contributed by atoms with van der Waals surface area (Å²) >= 11 is 1.21. The summed E-state index contributed by atoms with van der Waals surface area (Å²) in [5.41, 5.74) is 4.64. The number of amides is 1. The average Bonchev–Trinajstić information content (AvgIpc) is 2.81. The quantitative estimate of drug-likeness (QED) is 0.391. The molecule has 3 N–H and O–H groups in total. The Kier molecular flexibility index (Phi) is 7.00. The van der Waals surface area contributed by atoms with Crippen LogP contribution >= 0.6 is 11.8 Å². The van der Waals surface area contributed by atoms with Crippen LogP contribution in [0, 0.1) is 13.8 Å². The molecule has 1 aliphatic rings. The summed E-state index contributed by atoms with van der Waals surface area (Å²) in [5.74, 6) is -1.32. The summed E-state index contributed by atoms with van der Waals surface area (Å²) in [6.07, 6.45) is 1.71. The van der Waals surface area contributed by atoms with E-state index in [1.165, 1.54) is 17.8 Å². The molecule has 0 atom stereocenters. The lowest BCUT2D eigenvalue weighted by molar-refractivity contribution is -0.134. The molecule has 9 heteroatoms. The number of fused-ring (bicyclic) bond motifs is 1. The number of aryl methyl sites for hydroxylation is 2. The number of benzene rings is 3. The van der Waals surface area contributed by atoms with Gasteiger partial charge in [0.25, 0.3) is 5.91 Å². The van der Waals surface area contributed by atoms with Crippen LogP contribution in [0.4, 0.5) is 11.4 Å². The Morgan fingerprint density at radius 3 is 2.40 bits per heavy atom. The molecule has 1 amide bonds. The smallest absolute Gasteiger partial charge is 0.322 e. The third-order valence-corrected chi connectivity index (χ3v) is 8.36. The molecule has 4 rings (SSSR count). The Bertz CT molecular complexity index is 1420. The minimum atomic E-state index is -3.59. The van der Waals surface area contributed by atoms with Crippen molar-refractivity contribution in [3.8, 4) is 0 Å². The first-order valence-electron chi connectivity index (χ1n) is 10.8. The molecule has 0 aliphatic carbocycles. The number of anilines is 2. The van der Waals surface area contributed by atoms with Crippen LogP contribution in [0.1, 0.15) is 22.3 Å². The van der Waals surface area contributed by atoms with Crippen LogP contribution in [-0.4, -0.2) is 31.9 Å². The monoisotopic (exact) mass is 508 g/mol. The number of hydrogen-bond acceptors (Lipinski definition) is 6. The fourth-order valence-electron chi connectivity index (χ4n) is 3.70. The standard InChI is InChI=1S/C26H24N2O5S2/c1-16-4-3-5-17(2)21(16)15-35(32,33)20-10-11-22-23(13-20)34-24(26(31)28-22)12-18-6-8-19(9-7-18)27-14-25(29)30/h3-13,27H,14-15H2,1-2H3,(H,28,31)(H,29,30). The summed E-state index contributed by atoms with van der Waals surface area (Å²) < 4.78 is 26.4. The first kappa shape index (κ1) is 24.6. The fraction of sp³-hybridized carbons (Fsp3) is 0.154. The number of sulfone groups is 1. The van der Waals surface area contributed by atoms with Crippen molar-refractivity contribution >= 4 is 50.9 Å². The predicted octanol–water partition coefficient (Wildman–Crippen LogP) is 4.86. The number of nitrogens with one attached hydrogen (secondary N) is 2. The van der Waals surface area contributed by atoms with Crippen molar-refractivity contribution < 1.29 is 23.1 Å².